The van der Waals surface area contributed by atoms with Gasteiger partial charge in [0, 0.05) is 20.1 Å². The van der Waals surface area contributed by atoms with Gasteiger partial charge in [-0.1, -0.05) is 29.8 Å². The number of nitrogens with zero attached hydrogens (tertiary/aromatic N) is 4. The largest absolute Gasteiger partial charge is 0.363 e. The lowest BCUT2D eigenvalue weighted by Crippen LogP contribution is -2.39. The van der Waals surface area contributed by atoms with Crippen molar-refractivity contribution in [3.63, 3.8) is 0 Å². The third-order valence-corrected chi connectivity index (χ3v) is 4.16. The summed E-state index contributed by atoms with van der Waals surface area (Å²) < 4.78 is 1.24. The second-order valence-electron chi connectivity index (χ2n) is 5.32. The molecule has 128 valence electrons. The van der Waals surface area contributed by atoms with Gasteiger partial charge in [0.2, 0.25) is 5.91 Å². The molecule has 6 nitrogen and oxygen atoms in total. The molecule has 0 fully saturated rings. The molecule has 0 spiro atoms. The Bertz CT molecular complexity index is 757. The first-order valence-electron chi connectivity index (χ1n) is 7.81. The first-order valence-corrected chi connectivity index (χ1v) is 8.19. The summed E-state index contributed by atoms with van der Waals surface area (Å²) in [7, 11) is 1.72. The zero-order chi connectivity index (χ0) is 17.7. The number of hydrogen-bond donors (Lipinski definition) is 0. The Morgan fingerprint density at radius 3 is 2.42 bits per heavy atom. The van der Waals surface area contributed by atoms with Crippen LogP contribution in [0.1, 0.15) is 13.8 Å². The molecule has 0 aliphatic carbocycles. The minimum atomic E-state index is -0.414. The average Bonchev–Trinajstić information content (AvgIpc) is 2.59. The van der Waals surface area contributed by atoms with Crippen molar-refractivity contribution in [3.05, 3.63) is 51.9 Å². The number of amides is 1. The van der Waals surface area contributed by atoms with Crippen molar-refractivity contribution in [1.82, 2.24) is 14.7 Å². The summed E-state index contributed by atoms with van der Waals surface area (Å²) in [5, 5.41) is 4.22. The number of hydrogen-bond acceptors (Lipinski definition) is 4. The van der Waals surface area contributed by atoms with Crippen LogP contribution in [0.4, 0.5) is 5.69 Å². The highest BCUT2D eigenvalue weighted by Crippen LogP contribution is 2.20. The number of carbonyl (C=O) groups is 1. The van der Waals surface area contributed by atoms with Gasteiger partial charge in [0.05, 0.1) is 24.1 Å². The van der Waals surface area contributed by atoms with Crippen molar-refractivity contribution < 1.29 is 4.79 Å². The highest BCUT2D eigenvalue weighted by Gasteiger charge is 2.18. The van der Waals surface area contributed by atoms with Crippen LogP contribution in [-0.2, 0) is 4.79 Å². The molecule has 0 aliphatic rings. The summed E-state index contributed by atoms with van der Waals surface area (Å²) in [4.78, 5) is 28.1. The fourth-order valence-electron chi connectivity index (χ4n) is 2.41. The Kier molecular flexibility index (Phi) is 5.98. The lowest BCUT2D eigenvalue weighted by molar-refractivity contribution is -0.129. The molecule has 0 radical (unpaired) electrons. The van der Waals surface area contributed by atoms with Crippen molar-refractivity contribution in [2.45, 2.75) is 13.8 Å². The smallest absolute Gasteiger partial charge is 0.292 e. The topological polar surface area (TPSA) is 58.4 Å². The minimum Gasteiger partial charge on any atom is -0.363 e. The van der Waals surface area contributed by atoms with E-state index in [1.807, 2.05) is 32.0 Å². The monoisotopic (exact) mass is 348 g/mol. The van der Waals surface area contributed by atoms with E-state index in [2.05, 4.69) is 5.10 Å². The number of rotatable bonds is 6. The lowest BCUT2D eigenvalue weighted by atomic mass is 10.3. The molecular formula is C17H21ClN4O2. The molecule has 7 heteroatoms. The van der Waals surface area contributed by atoms with Crippen molar-refractivity contribution in [1.29, 1.82) is 0 Å². The number of benzene rings is 1. The average molecular weight is 349 g/mol. The molecule has 0 bridgehead atoms. The van der Waals surface area contributed by atoms with Crippen molar-refractivity contribution >= 4 is 23.2 Å². The van der Waals surface area contributed by atoms with E-state index in [-0.39, 0.29) is 17.5 Å². The zero-order valence-corrected chi connectivity index (χ0v) is 14.8. The quantitative estimate of drug-likeness (QED) is 0.803. The van der Waals surface area contributed by atoms with Crippen LogP contribution >= 0.6 is 11.6 Å². The second-order valence-corrected chi connectivity index (χ2v) is 5.70. The fraction of sp³-hybridized carbons (Fsp3) is 0.353. The van der Waals surface area contributed by atoms with E-state index in [4.69, 9.17) is 11.6 Å². The van der Waals surface area contributed by atoms with Crippen LogP contribution in [0.15, 0.2) is 41.3 Å². The molecule has 0 saturated heterocycles. The number of halogens is 1. The SMILES string of the molecule is CCN(CC)C(=O)CN(C)c1cnn(-c2ccccc2)c(=O)c1Cl. The van der Waals surface area contributed by atoms with Gasteiger partial charge in [-0.15, -0.1) is 0 Å². The van der Waals surface area contributed by atoms with E-state index in [0.717, 1.165) is 0 Å². The van der Waals surface area contributed by atoms with E-state index in [1.54, 1.807) is 29.0 Å². The highest BCUT2D eigenvalue weighted by atomic mass is 35.5. The van der Waals surface area contributed by atoms with E-state index in [9.17, 15) is 9.59 Å². The van der Waals surface area contributed by atoms with Gasteiger partial charge < -0.3 is 9.80 Å². The molecule has 1 aromatic heterocycles. The van der Waals surface area contributed by atoms with Gasteiger partial charge in [-0.25, -0.2) is 0 Å². The maximum atomic E-state index is 12.5. The number of carbonyl (C=O) groups excluding carboxylic acids is 1. The summed E-state index contributed by atoms with van der Waals surface area (Å²) in [6, 6.07) is 9.05. The third-order valence-electron chi connectivity index (χ3n) is 3.80. The van der Waals surface area contributed by atoms with Crippen molar-refractivity contribution in [2.24, 2.45) is 0 Å². The summed E-state index contributed by atoms with van der Waals surface area (Å²) in [5.41, 5.74) is 0.662. The van der Waals surface area contributed by atoms with E-state index >= 15 is 0 Å². The molecule has 1 amide bonds. The molecule has 0 aliphatic heterocycles. The molecule has 0 saturated carbocycles. The molecule has 24 heavy (non-hydrogen) atoms. The molecule has 2 rings (SSSR count). The predicted molar refractivity (Wildman–Crippen MR) is 96.0 cm³/mol. The van der Waals surface area contributed by atoms with Crippen molar-refractivity contribution in [2.75, 3.05) is 31.6 Å². The van der Waals surface area contributed by atoms with Gasteiger partial charge in [-0.2, -0.15) is 9.78 Å². The first kappa shape index (κ1) is 18.0. The molecule has 1 heterocycles. The van der Waals surface area contributed by atoms with Gasteiger partial charge in [0.1, 0.15) is 5.02 Å². The molecular weight excluding hydrogens is 328 g/mol. The fourth-order valence-corrected chi connectivity index (χ4v) is 2.68. The van der Waals surface area contributed by atoms with Crippen LogP contribution in [0.3, 0.4) is 0 Å². The number of para-hydroxylation sites is 1. The number of anilines is 1. The van der Waals surface area contributed by atoms with Gasteiger partial charge in [-0.3, -0.25) is 9.59 Å². The number of likely N-dealkylation sites (N-methyl/N-ethyl adjacent to an activating group) is 2. The number of aromatic nitrogens is 2. The zero-order valence-electron chi connectivity index (χ0n) is 14.1. The molecule has 1 aromatic carbocycles. The van der Waals surface area contributed by atoms with E-state index in [0.29, 0.717) is 24.5 Å². The Morgan fingerprint density at radius 2 is 1.83 bits per heavy atom. The molecule has 2 aromatic rings. The summed E-state index contributed by atoms with van der Waals surface area (Å²) in [6.45, 7) is 5.28. The van der Waals surface area contributed by atoms with Crippen LogP contribution in [-0.4, -0.2) is 47.3 Å². The Balaban J connectivity index is 2.28. The summed E-state index contributed by atoms with van der Waals surface area (Å²) in [5.74, 6) is -0.0224. The van der Waals surface area contributed by atoms with Gasteiger partial charge in [0.15, 0.2) is 0 Å². The molecule has 0 N–H and O–H groups in total. The molecule has 0 atom stereocenters. The van der Waals surface area contributed by atoms with Gasteiger partial charge in [0.25, 0.3) is 5.56 Å². The lowest BCUT2D eigenvalue weighted by Gasteiger charge is -2.24. The van der Waals surface area contributed by atoms with Crippen LogP contribution in [0.25, 0.3) is 5.69 Å². The van der Waals surface area contributed by atoms with Crippen LogP contribution in [0.5, 0.6) is 0 Å². The van der Waals surface area contributed by atoms with E-state index in [1.165, 1.54) is 10.9 Å². The standard InChI is InChI=1S/C17H21ClN4O2/c1-4-21(5-2)15(23)12-20(3)14-11-19-22(17(24)16(14)18)13-9-7-6-8-10-13/h6-11H,4-5,12H2,1-3H3. The third kappa shape index (κ3) is 3.76. The van der Waals surface area contributed by atoms with Crippen molar-refractivity contribution in [3.8, 4) is 5.69 Å². The molecule has 0 unspecified atom stereocenters. The normalized spacial score (nSPS) is 10.5. The minimum absolute atomic E-state index is 0.0224. The maximum absolute atomic E-state index is 12.5. The van der Waals surface area contributed by atoms with E-state index < -0.39 is 5.56 Å². The second kappa shape index (κ2) is 7.97. The summed E-state index contributed by atoms with van der Waals surface area (Å²) >= 11 is 6.23. The first-order chi connectivity index (χ1) is 11.5. The predicted octanol–water partition coefficient (Wildman–Crippen LogP) is 2.19. The van der Waals surface area contributed by atoms with Crippen LogP contribution in [0.2, 0.25) is 5.02 Å². The van der Waals surface area contributed by atoms with Gasteiger partial charge >= 0.3 is 0 Å². The highest BCUT2D eigenvalue weighted by molar-refractivity contribution is 6.33. The van der Waals surface area contributed by atoms with Crippen LogP contribution < -0.4 is 10.5 Å². The van der Waals surface area contributed by atoms with Crippen LogP contribution in [0, 0.1) is 0 Å². The Labute approximate surface area is 146 Å². The maximum Gasteiger partial charge on any atom is 0.292 e. The Hall–Kier alpha value is -2.34. The summed E-state index contributed by atoms with van der Waals surface area (Å²) in [6.07, 6.45) is 1.51. The van der Waals surface area contributed by atoms with Gasteiger partial charge in [-0.05, 0) is 26.0 Å². The Morgan fingerprint density at radius 1 is 1.21 bits per heavy atom.